The largest absolute Gasteiger partial charge is 0.371 e. The summed E-state index contributed by atoms with van der Waals surface area (Å²) in [4.78, 5) is 17.2. The van der Waals surface area contributed by atoms with Crippen LogP contribution in [-0.4, -0.2) is 45.4 Å². The minimum Gasteiger partial charge on any atom is -0.371 e. The zero-order chi connectivity index (χ0) is 21.1. The highest BCUT2D eigenvalue weighted by Crippen LogP contribution is 2.26. The molecule has 1 N–H and O–H groups in total. The van der Waals surface area contributed by atoms with Crippen LogP contribution in [0, 0.1) is 0 Å². The van der Waals surface area contributed by atoms with Gasteiger partial charge in [-0.1, -0.05) is 18.2 Å². The van der Waals surface area contributed by atoms with Crippen LogP contribution in [-0.2, 0) is 16.6 Å². The van der Waals surface area contributed by atoms with Crippen LogP contribution < -0.4 is 9.62 Å². The fraction of sp³-hybridized carbons (Fsp3) is 0.435. The molecular formula is C23H29N3O3S. The van der Waals surface area contributed by atoms with Crippen LogP contribution in [0.3, 0.4) is 0 Å². The second-order valence-electron chi connectivity index (χ2n) is 8.26. The summed E-state index contributed by atoms with van der Waals surface area (Å²) in [5.41, 5.74) is 2.81. The number of sulfonamides is 1. The number of para-hydroxylation sites is 1. The molecule has 2 aromatic carbocycles. The highest BCUT2D eigenvalue weighted by molar-refractivity contribution is 7.89. The fourth-order valence-corrected chi connectivity index (χ4v) is 5.21. The van der Waals surface area contributed by atoms with Crippen molar-refractivity contribution in [3.8, 4) is 0 Å². The molecular weight excluding hydrogens is 398 g/mol. The Morgan fingerprint density at radius 1 is 1.03 bits per heavy atom. The smallest absolute Gasteiger partial charge is 0.253 e. The lowest BCUT2D eigenvalue weighted by Gasteiger charge is -2.31. The molecule has 1 saturated heterocycles. The van der Waals surface area contributed by atoms with Crippen molar-refractivity contribution >= 4 is 21.6 Å². The van der Waals surface area contributed by atoms with E-state index in [2.05, 4.69) is 21.8 Å². The lowest BCUT2D eigenvalue weighted by atomic mass is 10.1. The Hall–Kier alpha value is -2.38. The number of amides is 1. The molecule has 1 saturated carbocycles. The van der Waals surface area contributed by atoms with Gasteiger partial charge in [0.2, 0.25) is 10.0 Å². The minimum atomic E-state index is -3.51. The van der Waals surface area contributed by atoms with Crippen molar-refractivity contribution in [3.63, 3.8) is 0 Å². The number of carbonyl (C=O) groups excluding carboxylic acids is 1. The van der Waals surface area contributed by atoms with Crippen molar-refractivity contribution in [2.24, 2.45) is 0 Å². The molecule has 0 spiro atoms. The number of nitrogens with zero attached hydrogens (tertiary/aromatic N) is 2. The molecule has 6 nitrogen and oxygen atoms in total. The second kappa shape index (κ2) is 8.78. The molecule has 0 bridgehead atoms. The van der Waals surface area contributed by atoms with Crippen LogP contribution in [0.2, 0.25) is 0 Å². The Balaban J connectivity index is 1.45. The van der Waals surface area contributed by atoms with E-state index in [0.717, 1.165) is 31.5 Å². The molecule has 1 aliphatic carbocycles. The van der Waals surface area contributed by atoms with E-state index in [1.165, 1.54) is 37.1 Å². The van der Waals surface area contributed by atoms with Crippen LogP contribution in [0.4, 0.5) is 5.69 Å². The highest BCUT2D eigenvalue weighted by atomic mass is 32.2. The zero-order valence-corrected chi connectivity index (χ0v) is 18.2. The monoisotopic (exact) mass is 427 g/mol. The van der Waals surface area contributed by atoms with Crippen LogP contribution >= 0.6 is 0 Å². The van der Waals surface area contributed by atoms with E-state index >= 15 is 0 Å². The summed E-state index contributed by atoms with van der Waals surface area (Å²) in [5.74, 6) is -0.123. The number of benzene rings is 2. The van der Waals surface area contributed by atoms with Crippen molar-refractivity contribution < 1.29 is 13.2 Å². The first kappa shape index (κ1) is 20.9. The van der Waals surface area contributed by atoms with Crippen molar-refractivity contribution in [1.82, 2.24) is 9.62 Å². The first-order chi connectivity index (χ1) is 14.4. The summed E-state index contributed by atoms with van der Waals surface area (Å²) in [7, 11) is -1.72. The van der Waals surface area contributed by atoms with Gasteiger partial charge in [-0.2, -0.15) is 0 Å². The summed E-state index contributed by atoms with van der Waals surface area (Å²) in [6.07, 6.45) is 5.46. The summed E-state index contributed by atoms with van der Waals surface area (Å²) in [6, 6.07) is 14.5. The maximum atomic E-state index is 12.9. The molecule has 2 aliphatic rings. The minimum absolute atomic E-state index is 0.0578. The Labute approximate surface area is 178 Å². The fourth-order valence-electron chi connectivity index (χ4n) is 3.90. The van der Waals surface area contributed by atoms with Gasteiger partial charge in [-0.3, -0.25) is 4.79 Å². The third-order valence-electron chi connectivity index (χ3n) is 5.75. The lowest BCUT2D eigenvalue weighted by Crippen LogP contribution is -2.32. The third-order valence-corrected chi connectivity index (χ3v) is 7.29. The van der Waals surface area contributed by atoms with E-state index in [-0.39, 0.29) is 16.8 Å². The molecule has 2 fully saturated rings. The molecule has 0 radical (unpaired) electrons. The predicted octanol–water partition coefficient (Wildman–Crippen LogP) is 3.39. The van der Waals surface area contributed by atoms with Gasteiger partial charge in [0, 0.05) is 44.0 Å². The number of rotatable bonds is 7. The second-order valence-corrected chi connectivity index (χ2v) is 9.97. The summed E-state index contributed by atoms with van der Waals surface area (Å²) < 4.78 is 27.3. The molecule has 0 atom stereocenters. The molecule has 30 heavy (non-hydrogen) atoms. The highest BCUT2D eigenvalue weighted by Gasteiger charge is 2.28. The number of anilines is 1. The molecule has 2 aromatic rings. The summed E-state index contributed by atoms with van der Waals surface area (Å²) >= 11 is 0. The molecule has 160 valence electrons. The Morgan fingerprint density at radius 3 is 2.37 bits per heavy atom. The van der Waals surface area contributed by atoms with Crippen LogP contribution in [0.15, 0.2) is 53.4 Å². The quantitative estimate of drug-likeness (QED) is 0.735. The Kier molecular flexibility index (Phi) is 6.11. The summed E-state index contributed by atoms with van der Waals surface area (Å²) in [5, 5.41) is 0. The predicted molar refractivity (Wildman–Crippen MR) is 118 cm³/mol. The van der Waals surface area contributed by atoms with Gasteiger partial charge in [-0.05, 0) is 68.0 Å². The molecule has 0 aromatic heterocycles. The SMILES string of the molecule is CN(Cc1ccccc1N1CCCCC1)C(=O)c1ccc(S(=O)(=O)NC2CC2)cc1. The molecule has 1 aliphatic heterocycles. The van der Waals surface area contributed by atoms with E-state index in [1.54, 1.807) is 24.1 Å². The van der Waals surface area contributed by atoms with Crippen LogP contribution in [0.25, 0.3) is 0 Å². The van der Waals surface area contributed by atoms with Gasteiger partial charge in [0.15, 0.2) is 0 Å². The van der Waals surface area contributed by atoms with Crippen molar-refractivity contribution in [1.29, 1.82) is 0 Å². The van der Waals surface area contributed by atoms with Gasteiger partial charge in [-0.25, -0.2) is 13.1 Å². The topological polar surface area (TPSA) is 69.7 Å². The van der Waals surface area contributed by atoms with E-state index < -0.39 is 10.0 Å². The number of carbonyl (C=O) groups is 1. The molecule has 1 heterocycles. The average molecular weight is 428 g/mol. The lowest BCUT2D eigenvalue weighted by molar-refractivity contribution is 0.0785. The average Bonchev–Trinajstić information content (AvgIpc) is 3.57. The molecule has 1 amide bonds. The number of nitrogens with one attached hydrogen (secondary N) is 1. The normalized spacial score (nSPS) is 17.0. The van der Waals surface area contributed by atoms with Crippen molar-refractivity contribution in [2.45, 2.75) is 49.6 Å². The zero-order valence-electron chi connectivity index (χ0n) is 17.4. The van der Waals surface area contributed by atoms with Gasteiger partial charge < -0.3 is 9.80 Å². The Bertz CT molecular complexity index is 995. The molecule has 7 heteroatoms. The number of hydrogen-bond acceptors (Lipinski definition) is 4. The van der Waals surface area contributed by atoms with Gasteiger partial charge in [0.25, 0.3) is 5.91 Å². The van der Waals surface area contributed by atoms with Gasteiger partial charge in [-0.15, -0.1) is 0 Å². The number of hydrogen-bond donors (Lipinski definition) is 1. The van der Waals surface area contributed by atoms with E-state index in [4.69, 9.17) is 0 Å². The third kappa shape index (κ3) is 4.84. The maximum Gasteiger partial charge on any atom is 0.253 e. The Morgan fingerprint density at radius 2 is 1.70 bits per heavy atom. The van der Waals surface area contributed by atoms with E-state index in [9.17, 15) is 13.2 Å². The molecule has 0 unspecified atom stereocenters. The van der Waals surface area contributed by atoms with Crippen molar-refractivity contribution in [2.75, 3.05) is 25.0 Å². The van der Waals surface area contributed by atoms with Gasteiger partial charge in [0.1, 0.15) is 0 Å². The first-order valence-electron chi connectivity index (χ1n) is 10.6. The molecule has 4 rings (SSSR count). The van der Waals surface area contributed by atoms with Crippen LogP contribution in [0.1, 0.15) is 48.0 Å². The van der Waals surface area contributed by atoms with Gasteiger partial charge in [0.05, 0.1) is 4.90 Å². The first-order valence-corrected chi connectivity index (χ1v) is 12.1. The number of piperidine rings is 1. The van der Waals surface area contributed by atoms with Crippen LogP contribution in [0.5, 0.6) is 0 Å². The van der Waals surface area contributed by atoms with Crippen molar-refractivity contribution in [3.05, 3.63) is 59.7 Å². The van der Waals surface area contributed by atoms with E-state index in [1.807, 2.05) is 12.1 Å². The van der Waals surface area contributed by atoms with Gasteiger partial charge >= 0.3 is 0 Å². The summed E-state index contributed by atoms with van der Waals surface area (Å²) in [6.45, 7) is 2.62. The standard InChI is InChI=1S/C23H29N3O3S/c1-25(17-19-7-3-4-8-22(19)26-15-5-2-6-16-26)23(27)18-9-13-21(14-10-18)30(28,29)24-20-11-12-20/h3-4,7-10,13-14,20,24H,2,5-6,11-12,15-17H2,1H3. The van der Waals surface area contributed by atoms with E-state index in [0.29, 0.717) is 12.1 Å². The maximum absolute atomic E-state index is 12.9.